The molecule has 0 heterocycles. The molecule has 0 aliphatic rings. The van der Waals surface area contributed by atoms with Gasteiger partial charge >= 0.3 is 0 Å². The highest BCUT2D eigenvalue weighted by atomic mass is 35.5. The molecule has 0 bridgehead atoms. The summed E-state index contributed by atoms with van der Waals surface area (Å²) in [4.78, 5) is 0. The van der Waals surface area contributed by atoms with Gasteiger partial charge in [-0.05, 0) is 38.5 Å². The molecule has 0 aliphatic carbocycles. The Morgan fingerprint density at radius 3 is 0.411 bits per heavy atom. The van der Waals surface area contributed by atoms with Gasteiger partial charge in [-0.15, -0.1) is 0 Å². The number of hydrogen-bond donors (Lipinski definition) is 0. The predicted octanol–water partition coefficient (Wildman–Crippen LogP) is 16.8. The third-order valence-electron chi connectivity index (χ3n) is 13.4. The first-order valence-corrected chi connectivity index (χ1v) is 27.0. The monoisotopic (exact) mass is 810 g/mol. The molecule has 0 aromatic carbocycles. The zero-order valence-electron chi connectivity index (χ0n) is 40.2. The Bertz CT molecular complexity index is 627. The molecule has 0 aromatic rings. The van der Waals surface area contributed by atoms with E-state index in [0.717, 1.165) is 0 Å². The molecule has 0 rings (SSSR count). The van der Waals surface area contributed by atoms with Crippen LogP contribution in [0.1, 0.15) is 323 Å². The minimum absolute atomic E-state index is 0. The lowest BCUT2D eigenvalue weighted by Gasteiger charge is -2.35. The summed E-state index contributed by atoms with van der Waals surface area (Å²) in [5.41, 5.74) is 0. The molecule has 0 aromatic heterocycles. The summed E-state index contributed by atoms with van der Waals surface area (Å²) in [7, 11) is 2.64. The van der Waals surface area contributed by atoms with E-state index in [2.05, 4.69) is 27.8 Å². The SMILES string of the molecule is CCCCCCCCCCCCCCCCCC[N+](C)(CCCCCCCCCCCCCCCCC)CCCCCCCCCCCCCCCCCC.[Cl-]. The minimum Gasteiger partial charge on any atom is -1.00 e. The topological polar surface area (TPSA) is 0 Å². The van der Waals surface area contributed by atoms with Gasteiger partial charge in [-0.25, -0.2) is 0 Å². The predicted molar refractivity (Wildman–Crippen MR) is 255 cm³/mol. The number of rotatable bonds is 50. The average Bonchev–Trinajstić information content (AvgIpc) is 3.19. The van der Waals surface area contributed by atoms with Gasteiger partial charge in [0.1, 0.15) is 0 Å². The average molecular weight is 811 g/mol. The summed E-state index contributed by atoms with van der Waals surface area (Å²) in [6.07, 6.45) is 69.2. The number of halogens is 1. The molecule has 0 saturated carbocycles. The summed E-state index contributed by atoms with van der Waals surface area (Å²) in [5, 5.41) is 0. The lowest BCUT2D eigenvalue weighted by Crippen LogP contribution is -3.00. The molecular formula is C54H112ClN. The number of quaternary nitrogens is 1. The van der Waals surface area contributed by atoms with E-state index in [9.17, 15) is 0 Å². The van der Waals surface area contributed by atoms with Gasteiger partial charge in [-0.1, -0.05) is 284 Å². The quantitative estimate of drug-likeness (QED) is 0.0424. The Hall–Kier alpha value is 0.250. The highest BCUT2D eigenvalue weighted by Gasteiger charge is 2.20. The maximum atomic E-state index is 2.64. The molecule has 340 valence electrons. The van der Waals surface area contributed by atoms with E-state index >= 15 is 0 Å². The third-order valence-corrected chi connectivity index (χ3v) is 13.4. The smallest absolute Gasteiger partial charge is 0.0784 e. The largest absolute Gasteiger partial charge is 1.00 e. The molecule has 1 nitrogen and oxygen atoms in total. The second kappa shape index (κ2) is 51.4. The van der Waals surface area contributed by atoms with Gasteiger partial charge in [0, 0.05) is 0 Å². The molecule has 0 unspecified atom stereocenters. The fraction of sp³-hybridized carbons (Fsp3) is 1.00. The van der Waals surface area contributed by atoms with Crippen LogP contribution in [0.5, 0.6) is 0 Å². The van der Waals surface area contributed by atoms with Gasteiger partial charge in [0.05, 0.1) is 26.7 Å². The van der Waals surface area contributed by atoms with E-state index in [1.165, 1.54) is 326 Å². The van der Waals surface area contributed by atoms with Crippen molar-refractivity contribution < 1.29 is 16.9 Å². The highest BCUT2D eigenvalue weighted by molar-refractivity contribution is 4.55. The molecule has 0 atom stereocenters. The second-order valence-corrected chi connectivity index (χ2v) is 19.3. The van der Waals surface area contributed by atoms with Crippen LogP contribution in [0.3, 0.4) is 0 Å². The maximum absolute atomic E-state index is 2.64. The summed E-state index contributed by atoms with van der Waals surface area (Å²) in [6.45, 7) is 11.3. The van der Waals surface area contributed by atoms with Gasteiger partial charge in [0.15, 0.2) is 0 Å². The van der Waals surface area contributed by atoms with Crippen LogP contribution in [-0.4, -0.2) is 31.2 Å². The molecule has 0 amide bonds. The summed E-state index contributed by atoms with van der Waals surface area (Å²) >= 11 is 0. The Morgan fingerprint density at radius 1 is 0.179 bits per heavy atom. The Morgan fingerprint density at radius 2 is 0.286 bits per heavy atom. The number of nitrogens with zero attached hydrogens (tertiary/aromatic N) is 1. The molecule has 56 heavy (non-hydrogen) atoms. The van der Waals surface area contributed by atoms with Crippen LogP contribution >= 0.6 is 0 Å². The standard InChI is InChI=1S/C54H112N.ClH/c1-5-8-11-14-17-20-23-26-29-32-35-38-41-44-47-50-53-55(4,52-49-46-43-40-37-34-31-28-25-22-19-16-13-10-7-3)54-51-48-45-42-39-36-33-30-27-24-21-18-15-12-9-6-2;/h5-54H2,1-4H3;1H/q+1;/p-1. The van der Waals surface area contributed by atoms with Crippen LogP contribution in [0.2, 0.25) is 0 Å². The molecule has 0 saturated heterocycles. The Balaban J connectivity index is 0. The van der Waals surface area contributed by atoms with E-state index in [1.54, 1.807) is 0 Å². The van der Waals surface area contributed by atoms with E-state index in [0.29, 0.717) is 0 Å². The lowest BCUT2D eigenvalue weighted by molar-refractivity contribution is -0.910. The third kappa shape index (κ3) is 48.6. The van der Waals surface area contributed by atoms with E-state index in [1.807, 2.05) is 0 Å². The molecule has 0 aliphatic heterocycles. The van der Waals surface area contributed by atoms with Crippen molar-refractivity contribution in [2.24, 2.45) is 0 Å². The van der Waals surface area contributed by atoms with Crippen LogP contribution < -0.4 is 12.4 Å². The second-order valence-electron chi connectivity index (χ2n) is 19.3. The molecule has 0 spiro atoms. The zero-order chi connectivity index (χ0) is 39.9. The van der Waals surface area contributed by atoms with E-state index in [4.69, 9.17) is 0 Å². The van der Waals surface area contributed by atoms with Gasteiger partial charge in [0.2, 0.25) is 0 Å². The van der Waals surface area contributed by atoms with Gasteiger partial charge in [-0.2, -0.15) is 0 Å². The van der Waals surface area contributed by atoms with Crippen molar-refractivity contribution in [3.63, 3.8) is 0 Å². The van der Waals surface area contributed by atoms with Gasteiger partial charge in [-0.3, -0.25) is 0 Å². The van der Waals surface area contributed by atoms with E-state index in [-0.39, 0.29) is 12.4 Å². The van der Waals surface area contributed by atoms with Crippen LogP contribution in [0.15, 0.2) is 0 Å². The van der Waals surface area contributed by atoms with Crippen molar-refractivity contribution in [1.29, 1.82) is 0 Å². The molecule has 2 heteroatoms. The van der Waals surface area contributed by atoms with Crippen molar-refractivity contribution in [3.05, 3.63) is 0 Å². The lowest BCUT2D eigenvalue weighted by atomic mass is 10.0. The van der Waals surface area contributed by atoms with Crippen LogP contribution in [0.25, 0.3) is 0 Å². The fourth-order valence-corrected chi connectivity index (χ4v) is 9.28. The van der Waals surface area contributed by atoms with Crippen molar-refractivity contribution in [2.45, 2.75) is 323 Å². The van der Waals surface area contributed by atoms with Crippen LogP contribution in [-0.2, 0) is 0 Å². The zero-order valence-corrected chi connectivity index (χ0v) is 40.9. The molecule has 0 fully saturated rings. The van der Waals surface area contributed by atoms with E-state index < -0.39 is 0 Å². The summed E-state index contributed by atoms with van der Waals surface area (Å²) in [5.74, 6) is 0. The van der Waals surface area contributed by atoms with Crippen molar-refractivity contribution in [3.8, 4) is 0 Å². The first-order chi connectivity index (χ1) is 27.2. The van der Waals surface area contributed by atoms with Crippen molar-refractivity contribution in [1.82, 2.24) is 0 Å². The normalized spacial score (nSPS) is 11.8. The van der Waals surface area contributed by atoms with Crippen molar-refractivity contribution >= 4 is 0 Å². The first kappa shape index (κ1) is 58.3. The van der Waals surface area contributed by atoms with Crippen LogP contribution in [0.4, 0.5) is 0 Å². The molecule has 0 radical (unpaired) electrons. The summed E-state index contributed by atoms with van der Waals surface area (Å²) in [6, 6.07) is 0. The minimum atomic E-state index is 0. The highest BCUT2D eigenvalue weighted by Crippen LogP contribution is 2.19. The van der Waals surface area contributed by atoms with Gasteiger partial charge in [0.25, 0.3) is 0 Å². The Labute approximate surface area is 364 Å². The van der Waals surface area contributed by atoms with Gasteiger partial charge < -0.3 is 16.9 Å². The summed E-state index contributed by atoms with van der Waals surface area (Å²) < 4.78 is 1.37. The fourth-order valence-electron chi connectivity index (χ4n) is 9.28. The van der Waals surface area contributed by atoms with Crippen molar-refractivity contribution in [2.75, 3.05) is 26.7 Å². The first-order valence-electron chi connectivity index (χ1n) is 27.0. The Kier molecular flexibility index (Phi) is 53.5. The molecule has 0 N–H and O–H groups in total. The number of hydrogen-bond acceptors (Lipinski definition) is 0. The maximum Gasteiger partial charge on any atom is 0.0784 e. The number of unbranched alkanes of at least 4 members (excludes halogenated alkanes) is 44. The molecular weight excluding hydrogens is 698 g/mol. The van der Waals surface area contributed by atoms with Crippen LogP contribution in [0, 0.1) is 0 Å².